The van der Waals surface area contributed by atoms with E-state index in [-0.39, 0.29) is 5.91 Å². The van der Waals surface area contributed by atoms with Gasteiger partial charge in [0.1, 0.15) is 5.75 Å². The summed E-state index contributed by atoms with van der Waals surface area (Å²) >= 11 is 1.43. The monoisotopic (exact) mass is 353 g/mol. The topological polar surface area (TPSA) is 56.1 Å². The smallest absolute Gasteiger partial charge is 0.267 e. The van der Waals surface area contributed by atoms with Gasteiger partial charge < -0.3 is 9.30 Å². The number of nitrogens with one attached hydrogen (secondary N) is 1. The lowest BCUT2D eigenvalue weighted by atomic mass is 10.1. The van der Waals surface area contributed by atoms with Crippen LogP contribution in [0.5, 0.6) is 5.75 Å². The van der Waals surface area contributed by atoms with Crippen molar-refractivity contribution >= 4 is 22.4 Å². The Kier molecular flexibility index (Phi) is 3.84. The van der Waals surface area contributed by atoms with Crippen LogP contribution in [0.2, 0.25) is 0 Å². The predicted octanol–water partition coefficient (Wildman–Crippen LogP) is 3.71. The highest BCUT2D eigenvalue weighted by Gasteiger charge is 2.29. The van der Waals surface area contributed by atoms with Gasteiger partial charge in [0.15, 0.2) is 11.2 Å². The summed E-state index contributed by atoms with van der Waals surface area (Å²) in [6.45, 7) is 4.14. The quantitative estimate of drug-likeness (QED) is 0.781. The Morgan fingerprint density at radius 1 is 1.36 bits per heavy atom. The summed E-state index contributed by atoms with van der Waals surface area (Å²) in [5, 5.41) is 5.46. The molecule has 4 rings (SSSR count). The highest BCUT2D eigenvalue weighted by molar-refractivity contribution is 7.14. The Morgan fingerprint density at radius 3 is 2.88 bits per heavy atom. The number of thiazole rings is 1. The second-order valence-corrected chi connectivity index (χ2v) is 7.15. The highest BCUT2D eigenvalue weighted by Crippen LogP contribution is 2.31. The number of hydrogen-bond acceptors (Lipinski definition) is 4. The van der Waals surface area contributed by atoms with Crippen molar-refractivity contribution in [2.45, 2.75) is 26.4 Å². The lowest BCUT2D eigenvalue weighted by Gasteiger charge is -2.09. The summed E-state index contributed by atoms with van der Waals surface area (Å²) in [5.41, 5.74) is 5.40. The van der Waals surface area contributed by atoms with E-state index >= 15 is 0 Å². The van der Waals surface area contributed by atoms with Gasteiger partial charge in [-0.05, 0) is 31.5 Å². The van der Waals surface area contributed by atoms with E-state index in [1.165, 1.54) is 17.0 Å². The first-order chi connectivity index (χ1) is 12.0. The molecule has 6 heteroatoms. The third-order valence-electron chi connectivity index (χ3n) is 4.73. The molecule has 2 aromatic heterocycles. The molecule has 0 unspecified atom stereocenters. The second kappa shape index (κ2) is 6.04. The van der Waals surface area contributed by atoms with Crippen LogP contribution in [0.1, 0.15) is 17.0 Å². The third-order valence-corrected chi connectivity index (χ3v) is 5.48. The van der Waals surface area contributed by atoms with Crippen LogP contribution in [0.3, 0.4) is 0 Å². The van der Waals surface area contributed by atoms with Crippen molar-refractivity contribution in [3.63, 3.8) is 0 Å². The zero-order valence-electron chi connectivity index (χ0n) is 14.4. The summed E-state index contributed by atoms with van der Waals surface area (Å²) in [5.74, 6) is 0.635. The molecular weight excluding hydrogens is 334 g/mol. The molecule has 128 valence electrons. The Labute approximate surface area is 150 Å². The van der Waals surface area contributed by atoms with E-state index < -0.39 is 6.10 Å². The number of benzene rings is 1. The number of aryl methyl sites for hydroxylation is 1. The van der Waals surface area contributed by atoms with Crippen molar-refractivity contribution in [3.05, 3.63) is 52.7 Å². The summed E-state index contributed by atoms with van der Waals surface area (Å²) in [4.78, 5) is 17.1. The molecule has 0 radical (unpaired) electrons. The molecule has 0 saturated heterocycles. The SMILES string of the molecule is Cc1cc(-c2csc(NC(=O)[C@@H]3Cc4ccccc4O3)n2)c(C)n1C. The van der Waals surface area contributed by atoms with E-state index in [4.69, 9.17) is 4.74 Å². The van der Waals surface area contributed by atoms with Gasteiger partial charge in [0.05, 0.1) is 5.69 Å². The van der Waals surface area contributed by atoms with Crippen LogP contribution in [0.25, 0.3) is 11.3 Å². The van der Waals surface area contributed by atoms with Crippen LogP contribution in [0.4, 0.5) is 5.13 Å². The number of carbonyl (C=O) groups excluding carboxylic acids is 1. The lowest BCUT2D eigenvalue weighted by Crippen LogP contribution is -2.31. The van der Waals surface area contributed by atoms with E-state index in [0.29, 0.717) is 11.6 Å². The van der Waals surface area contributed by atoms with E-state index in [1.807, 2.05) is 36.7 Å². The maximum absolute atomic E-state index is 12.5. The highest BCUT2D eigenvalue weighted by atomic mass is 32.1. The predicted molar refractivity (Wildman–Crippen MR) is 99.2 cm³/mol. The Bertz CT molecular complexity index is 932. The molecule has 0 spiro atoms. The normalized spacial score (nSPS) is 15.7. The first kappa shape index (κ1) is 15.9. The first-order valence-corrected chi connectivity index (χ1v) is 9.05. The minimum atomic E-state index is -0.495. The van der Waals surface area contributed by atoms with E-state index in [1.54, 1.807) is 0 Å². The van der Waals surface area contributed by atoms with Crippen LogP contribution >= 0.6 is 11.3 Å². The largest absolute Gasteiger partial charge is 0.480 e. The molecule has 0 aliphatic carbocycles. The molecule has 1 N–H and O–H groups in total. The van der Waals surface area contributed by atoms with Crippen LogP contribution in [0.15, 0.2) is 35.7 Å². The number of aromatic nitrogens is 2. The van der Waals surface area contributed by atoms with E-state index in [2.05, 4.69) is 34.8 Å². The number of para-hydroxylation sites is 1. The number of anilines is 1. The molecule has 1 amide bonds. The van der Waals surface area contributed by atoms with Gasteiger partial charge in [-0.15, -0.1) is 11.3 Å². The maximum Gasteiger partial charge on any atom is 0.267 e. The van der Waals surface area contributed by atoms with Gasteiger partial charge in [-0.1, -0.05) is 18.2 Å². The summed E-state index contributed by atoms with van der Waals surface area (Å²) in [7, 11) is 2.04. The van der Waals surface area contributed by atoms with E-state index in [0.717, 1.165) is 28.3 Å². The number of rotatable bonds is 3. The number of nitrogens with zero attached hydrogens (tertiary/aromatic N) is 2. The van der Waals surface area contributed by atoms with Gasteiger partial charge in [-0.25, -0.2) is 4.98 Å². The van der Waals surface area contributed by atoms with Gasteiger partial charge in [-0.3, -0.25) is 10.1 Å². The summed E-state index contributed by atoms with van der Waals surface area (Å²) in [6, 6.07) is 9.87. The molecule has 1 aliphatic rings. The van der Waals surface area contributed by atoms with Crippen LogP contribution in [0, 0.1) is 13.8 Å². The Balaban J connectivity index is 1.48. The molecule has 0 fully saturated rings. The van der Waals surface area contributed by atoms with Crippen molar-refractivity contribution in [1.29, 1.82) is 0 Å². The average molecular weight is 353 g/mol. The fourth-order valence-corrected chi connectivity index (χ4v) is 3.80. The number of fused-ring (bicyclic) bond motifs is 1. The fourth-order valence-electron chi connectivity index (χ4n) is 3.08. The van der Waals surface area contributed by atoms with Crippen molar-refractivity contribution in [2.24, 2.45) is 7.05 Å². The molecule has 1 aliphatic heterocycles. The molecule has 1 aromatic carbocycles. The average Bonchev–Trinajstić information content (AvgIpc) is 3.29. The van der Waals surface area contributed by atoms with Gasteiger partial charge in [-0.2, -0.15) is 0 Å². The maximum atomic E-state index is 12.5. The molecule has 5 nitrogen and oxygen atoms in total. The Morgan fingerprint density at radius 2 is 2.16 bits per heavy atom. The molecule has 0 saturated carbocycles. The zero-order chi connectivity index (χ0) is 17.6. The number of carbonyl (C=O) groups is 1. The molecular formula is C19H19N3O2S. The van der Waals surface area contributed by atoms with Crippen molar-refractivity contribution in [2.75, 3.05) is 5.32 Å². The van der Waals surface area contributed by atoms with Gasteiger partial charge in [0.2, 0.25) is 0 Å². The van der Waals surface area contributed by atoms with Crippen LogP contribution in [-0.2, 0) is 18.3 Å². The van der Waals surface area contributed by atoms with Crippen molar-refractivity contribution in [3.8, 4) is 17.0 Å². The summed E-state index contributed by atoms with van der Waals surface area (Å²) < 4.78 is 7.87. The third kappa shape index (κ3) is 2.82. The van der Waals surface area contributed by atoms with Gasteiger partial charge in [0, 0.05) is 35.8 Å². The number of amides is 1. The molecule has 3 heterocycles. The molecule has 25 heavy (non-hydrogen) atoms. The van der Waals surface area contributed by atoms with E-state index in [9.17, 15) is 4.79 Å². The Hall–Kier alpha value is -2.60. The number of ether oxygens (including phenoxy) is 1. The van der Waals surface area contributed by atoms with Crippen molar-refractivity contribution in [1.82, 2.24) is 9.55 Å². The van der Waals surface area contributed by atoms with Gasteiger partial charge in [0.25, 0.3) is 5.91 Å². The minimum absolute atomic E-state index is 0.155. The van der Waals surface area contributed by atoms with Crippen LogP contribution < -0.4 is 10.1 Å². The fraction of sp³-hybridized carbons (Fsp3) is 0.263. The van der Waals surface area contributed by atoms with Gasteiger partial charge >= 0.3 is 0 Å². The lowest BCUT2D eigenvalue weighted by molar-refractivity contribution is -0.122. The number of hydrogen-bond donors (Lipinski definition) is 1. The molecule has 1 atom stereocenters. The van der Waals surface area contributed by atoms with Crippen molar-refractivity contribution < 1.29 is 9.53 Å². The minimum Gasteiger partial charge on any atom is -0.480 e. The second-order valence-electron chi connectivity index (χ2n) is 6.29. The van der Waals surface area contributed by atoms with Crippen LogP contribution in [-0.4, -0.2) is 21.6 Å². The standard InChI is InChI=1S/C19H19N3O2S/c1-11-8-14(12(2)22(11)3)15-10-25-19(20-15)21-18(23)17-9-13-6-4-5-7-16(13)24-17/h4-8,10,17H,9H2,1-3H3,(H,20,21,23)/t17-/m0/s1. The molecule has 0 bridgehead atoms. The zero-order valence-corrected chi connectivity index (χ0v) is 15.2. The first-order valence-electron chi connectivity index (χ1n) is 8.17. The molecule has 3 aromatic rings. The summed E-state index contributed by atoms with van der Waals surface area (Å²) in [6.07, 6.45) is 0.0995.